The summed E-state index contributed by atoms with van der Waals surface area (Å²) >= 11 is 0. The van der Waals surface area contributed by atoms with E-state index in [1.807, 2.05) is 24.8 Å². The minimum Gasteiger partial charge on any atom is -0.365 e. The van der Waals surface area contributed by atoms with Crippen LogP contribution in [0.1, 0.15) is 13.8 Å². The Bertz CT molecular complexity index is 988. The van der Waals surface area contributed by atoms with Crippen LogP contribution in [0.15, 0.2) is 36.7 Å². The van der Waals surface area contributed by atoms with E-state index in [0.717, 1.165) is 34.6 Å². The number of piperazine rings is 1. The summed E-state index contributed by atoms with van der Waals surface area (Å²) in [5.41, 5.74) is 0.848. The molecule has 7 nitrogen and oxygen atoms in total. The summed E-state index contributed by atoms with van der Waals surface area (Å²) < 4.78 is 13.5. The third kappa shape index (κ3) is 3.49. The van der Waals surface area contributed by atoms with Gasteiger partial charge in [0.15, 0.2) is 11.6 Å². The molecule has 1 fully saturated rings. The minimum absolute atomic E-state index is 0.227. The van der Waals surface area contributed by atoms with E-state index in [9.17, 15) is 9.18 Å². The lowest BCUT2D eigenvalue weighted by molar-refractivity contribution is -0.109. The zero-order valence-corrected chi connectivity index (χ0v) is 15.9. The number of carbonyl (C=O) groups excluding carboxylic acids is 1. The van der Waals surface area contributed by atoms with Gasteiger partial charge in [-0.15, -0.1) is 0 Å². The molecule has 1 aliphatic rings. The van der Waals surface area contributed by atoms with Crippen molar-refractivity contribution in [2.24, 2.45) is 0 Å². The Morgan fingerprint density at radius 3 is 2.86 bits per heavy atom. The standard InChI is InChI=1S/C20H23FN6O/c1-13(2)24-19-20(23-6-5-22-19)26-7-8-27(16(11-26)12-28)18-10-14-9-15(21)3-4-17(14)25-18/h3-6,9-10,12-13,16,25H,7-8,11H2,1-2H3,(H,22,24). The third-order valence-corrected chi connectivity index (χ3v) is 4.86. The number of fused-ring (bicyclic) bond motifs is 1. The molecule has 1 saturated heterocycles. The van der Waals surface area contributed by atoms with Crippen LogP contribution in [-0.2, 0) is 4.79 Å². The van der Waals surface area contributed by atoms with Gasteiger partial charge in [0.1, 0.15) is 24.0 Å². The topological polar surface area (TPSA) is 77.2 Å². The van der Waals surface area contributed by atoms with Gasteiger partial charge in [0, 0.05) is 49.0 Å². The number of rotatable bonds is 5. The number of H-pyrrole nitrogens is 1. The van der Waals surface area contributed by atoms with Gasteiger partial charge in [0.05, 0.1) is 0 Å². The number of hydrogen-bond acceptors (Lipinski definition) is 6. The average Bonchev–Trinajstić information content (AvgIpc) is 3.10. The maximum Gasteiger partial charge on any atom is 0.171 e. The molecule has 1 aliphatic heterocycles. The fraction of sp³-hybridized carbons (Fsp3) is 0.350. The molecular weight excluding hydrogens is 359 g/mol. The number of aromatic nitrogens is 3. The molecular formula is C20H23FN6O. The molecule has 2 N–H and O–H groups in total. The summed E-state index contributed by atoms with van der Waals surface area (Å²) in [7, 11) is 0. The molecule has 3 heterocycles. The summed E-state index contributed by atoms with van der Waals surface area (Å²) in [4.78, 5) is 28.1. The number of aromatic amines is 1. The zero-order valence-electron chi connectivity index (χ0n) is 15.9. The van der Waals surface area contributed by atoms with Crippen LogP contribution in [-0.4, -0.2) is 53.0 Å². The highest BCUT2D eigenvalue weighted by molar-refractivity contribution is 5.85. The summed E-state index contributed by atoms with van der Waals surface area (Å²) in [6.07, 6.45) is 4.27. The largest absolute Gasteiger partial charge is 0.365 e. The summed E-state index contributed by atoms with van der Waals surface area (Å²) in [5.74, 6) is 2.01. The lowest BCUT2D eigenvalue weighted by atomic mass is 10.1. The van der Waals surface area contributed by atoms with Crippen molar-refractivity contribution in [3.8, 4) is 0 Å². The van der Waals surface area contributed by atoms with Gasteiger partial charge in [-0.25, -0.2) is 14.4 Å². The molecule has 0 radical (unpaired) electrons. The Kier molecular flexibility index (Phi) is 4.85. The number of benzene rings is 1. The smallest absolute Gasteiger partial charge is 0.171 e. The van der Waals surface area contributed by atoms with E-state index in [1.54, 1.807) is 18.5 Å². The van der Waals surface area contributed by atoms with Gasteiger partial charge >= 0.3 is 0 Å². The first kappa shape index (κ1) is 18.2. The first-order chi connectivity index (χ1) is 13.5. The molecule has 4 rings (SSSR count). The van der Waals surface area contributed by atoms with Crippen molar-refractivity contribution in [3.63, 3.8) is 0 Å². The van der Waals surface area contributed by atoms with E-state index < -0.39 is 0 Å². The lowest BCUT2D eigenvalue weighted by Crippen LogP contribution is -2.54. The van der Waals surface area contributed by atoms with Gasteiger partial charge in [-0.1, -0.05) is 0 Å². The predicted molar refractivity (Wildman–Crippen MR) is 108 cm³/mol. The second-order valence-electron chi connectivity index (χ2n) is 7.26. The van der Waals surface area contributed by atoms with Crippen LogP contribution in [0.4, 0.5) is 21.8 Å². The van der Waals surface area contributed by atoms with Crippen molar-refractivity contribution in [1.82, 2.24) is 15.0 Å². The van der Waals surface area contributed by atoms with Gasteiger partial charge in [0.2, 0.25) is 0 Å². The Morgan fingerprint density at radius 1 is 1.25 bits per heavy atom. The van der Waals surface area contributed by atoms with Crippen LogP contribution < -0.4 is 15.1 Å². The van der Waals surface area contributed by atoms with Crippen LogP contribution in [0.5, 0.6) is 0 Å². The van der Waals surface area contributed by atoms with Crippen molar-refractivity contribution in [2.75, 3.05) is 34.8 Å². The molecule has 1 unspecified atom stereocenters. The normalized spacial score (nSPS) is 17.4. The number of nitrogens with one attached hydrogen (secondary N) is 2. The molecule has 8 heteroatoms. The molecule has 146 valence electrons. The van der Waals surface area contributed by atoms with Crippen molar-refractivity contribution in [3.05, 3.63) is 42.5 Å². The van der Waals surface area contributed by atoms with Crippen molar-refractivity contribution >= 4 is 34.6 Å². The quantitative estimate of drug-likeness (QED) is 0.661. The third-order valence-electron chi connectivity index (χ3n) is 4.86. The molecule has 0 amide bonds. The summed E-state index contributed by atoms with van der Waals surface area (Å²) in [5, 5.41) is 4.10. The van der Waals surface area contributed by atoms with E-state index in [2.05, 4.69) is 25.2 Å². The molecule has 0 spiro atoms. The van der Waals surface area contributed by atoms with Crippen LogP contribution >= 0.6 is 0 Å². The van der Waals surface area contributed by atoms with Crippen LogP contribution in [0.25, 0.3) is 10.9 Å². The highest BCUT2D eigenvalue weighted by Gasteiger charge is 2.30. The molecule has 1 atom stereocenters. The lowest BCUT2D eigenvalue weighted by Gasteiger charge is -2.40. The van der Waals surface area contributed by atoms with Gasteiger partial charge in [0.25, 0.3) is 0 Å². The van der Waals surface area contributed by atoms with Gasteiger partial charge in [-0.05, 0) is 38.1 Å². The van der Waals surface area contributed by atoms with Crippen molar-refractivity contribution < 1.29 is 9.18 Å². The van der Waals surface area contributed by atoms with Gasteiger partial charge < -0.3 is 24.9 Å². The maximum absolute atomic E-state index is 13.5. The Balaban J connectivity index is 1.58. The van der Waals surface area contributed by atoms with Crippen LogP contribution in [0.3, 0.4) is 0 Å². The number of carbonyl (C=O) groups is 1. The number of hydrogen-bond donors (Lipinski definition) is 2. The van der Waals surface area contributed by atoms with Crippen molar-refractivity contribution in [2.45, 2.75) is 25.9 Å². The number of anilines is 3. The van der Waals surface area contributed by atoms with Gasteiger partial charge in [-0.2, -0.15) is 0 Å². The Hall–Kier alpha value is -3.16. The van der Waals surface area contributed by atoms with E-state index in [0.29, 0.717) is 19.6 Å². The monoisotopic (exact) mass is 382 g/mol. The highest BCUT2D eigenvalue weighted by atomic mass is 19.1. The fourth-order valence-corrected chi connectivity index (χ4v) is 3.60. The highest BCUT2D eigenvalue weighted by Crippen LogP contribution is 2.28. The molecule has 0 saturated carbocycles. The summed E-state index contributed by atoms with van der Waals surface area (Å²) in [6.45, 7) is 5.92. The van der Waals surface area contributed by atoms with E-state index >= 15 is 0 Å². The maximum atomic E-state index is 13.5. The Labute approximate surface area is 162 Å². The van der Waals surface area contributed by atoms with Crippen molar-refractivity contribution in [1.29, 1.82) is 0 Å². The van der Waals surface area contributed by atoms with E-state index in [-0.39, 0.29) is 17.9 Å². The Morgan fingerprint density at radius 2 is 2.07 bits per heavy atom. The predicted octanol–water partition coefficient (Wildman–Crippen LogP) is 2.81. The van der Waals surface area contributed by atoms with E-state index in [4.69, 9.17) is 0 Å². The molecule has 0 aliphatic carbocycles. The van der Waals surface area contributed by atoms with Crippen LogP contribution in [0, 0.1) is 5.82 Å². The number of nitrogens with zero attached hydrogens (tertiary/aromatic N) is 4. The number of halogens is 1. The first-order valence-corrected chi connectivity index (χ1v) is 9.38. The second-order valence-corrected chi connectivity index (χ2v) is 7.26. The first-order valence-electron chi connectivity index (χ1n) is 9.38. The summed E-state index contributed by atoms with van der Waals surface area (Å²) in [6, 6.07) is 6.40. The molecule has 2 aromatic heterocycles. The van der Waals surface area contributed by atoms with Crippen LogP contribution in [0.2, 0.25) is 0 Å². The zero-order chi connectivity index (χ0) is 19.7. The SMILES string of the molecule is CC(C)Nc1nccnc1N1CCN(c2cc3cc(F)ccc3[nH]2)C(C=O)C1. The second kappa shape index (κ2) is 7.46. The fourth-order valence-electron chi connectivity index (χ4n) is 3.60. The molecule has 3 aromatic rings. The number of aldehydes is 1. The molecule has 0 bridgehead atoms. The minimum atomic E-state index is -0.347. The molecule has 28 heavy (non-hydrogen) atoms. The average molecular weight is 382 g/mol. The molecule has 1 aromatic carbocycles. The van der Waals surface area contributed by atoms with Gasteiger partial charge in [-0.3, -0.25) is 0 Å². The van der Waals surface area contributed by atoms with E-state index in [1.165, 1.54) is 12.1 Å².